The molecule has 0 N–H and O–H groups in total. The van der Waals surface area contributed by atoms with Gasteiger partial charge in [0.25, 0.3) is 0 Å². The molecule has 0 amide bonds. The van der Waals surface area contributed by atoms with Crippen molar-refractivity contribution in [2.75, 3.05) is 7.05 Å². The molecule has 3 rings (SSSR count). The van der Waals surface area contributed by atoms with Crippen LogP contribution >= 0.6 is 0 Å². The summed E-state index contributed by atoms with van der Waals surface area (Å²) in [7, 11) is 2.29. The number of rotatable bonds is 4. The van der Waals surface area contributed by atoms with Crippen LogP contribution < -0.4 is 0 Å². The highest BCUT2D eigenvalue weighted by Gasteiger charge is 2.40. The van der Waals surface area contributed by atoms with Crippen molar-refractivity contribution < 1.29 is 4.79 Å². The second-order valence-electron chi connectivity index (χ2n) is 7.62. The predicted molar refractivity (Wildman–Crippen MR) is 82.7 cm³/mol. The molecule has 0 aromatic heterocycles. The minimum atomic E-state index is 0.408. The third kappa shape index (κ3) is 2.81. The van der Waals surface area contributed by atoms with Gasteiger partial charge >= 0.3 is 0 Å². The van der Waals surface area contributed by atoms with Crippen molar-refractivity contribution >= 4 is 5.78 Å². The summed E-state index contributed by atoms with van der Waals surface area (Å²) in [5.41, 5.74) is 0. The Labute approximate surface area is 124 Å². The Balaban J connectivity index is 1.56. The highest BCUT2D eigenvalue weighted by atomic mass is 16.1. The molecular formula is C18H31NO. The Bertz CT molecular complexity index is 339. The quantitative estimate of drug-likeness (QED) is 0.773. The van der Waals surface area contributed by atoms with E-state index < -0.39 is 0 Å². The van der Waals surface area contributed by atoms with Crippen molar-refractivity contribution in [2.45, 2.75) is 83.2 Å². The van der Waals surface area contributed by atoms with Gasteiger partial charge in [0.05, 0.1) is 0 Å². The zero-order chi connectivity index (χ0) is 14.1. The predicted octanol–water partition coefficient (Wildman–Crippen LogP) is 4.03. The Morgan fingerprint density at radius 3 is 2.35 bits per heavy atom. The molecule has 2 saturated heterocycles. The van der Waals surface area contributed by atoms with E-state index in [0.717, 1.165) is 18.5 Å². The van der Waals surface area contributed by atoms with Crippen LogP contribution in [0.4, 0.5) is 0 Å². The zero-order valence-corrected chi connectivity index (χ0v) is 13.3. The molecule has 3 aliphatic rings. The van der Waals surface area contributed by atoms with Crippen LogP contribution in [0.2, 0.25) is 0 Å². The van der Waals surface area contributed by atoms with Gasteiger partial charge in [-0.05, 0) is 57.4 Å². The minimum Gasteiger partial charge on any atom is -0.300 e. The van der Waals surface area contributed by atoms with Crippen LogP contribution in [0.25, 0.3) is 0 Å². The van der Waals surface area contributed by atoms with Gasteiger partial charge in [-0.3, -0.25) is 4.79 Å². The highest BCUT2D eigenvalue weighted by molar-refractivity contribution is 5.81. The van der Waals surface area contributed by atoms with E-state index in [4.69, 9.17) is 0 Å². The minimum absolute atomic E-state index is 0.408. The topological polar surface area (TPSA) is 20.3 Å². The maximum absolute atomic E-state index is 12.7. The van der Waals surface area contributed by atoms with E-state index in [2.05, 4.69) is 18.9 Å². The van der Waals surface area contributed by atoms with Gasteiger partial charge < -0.3 is 4.90 Å². The molecule has 3 fully saturated rings. The van der Waals surface area contributed by atoms with Crippen molar-refractivity contribution in [1.29, 1.82) is 0 Å². The molecule has 5 atom stereocenters. The van der Waals surface area contributed by atoms with Gasteiger partial charge in [0.2, 0.25) is 0 Å². The van der Waals surface area contributed by atoms with E-state index in [-0.39, 0.29) is 0 Å². The molecule has 20 heavy (non-hydrogen) atoms. The number of piperidine rings is 1. The van der Waals surface area contributed by atoms with Crippen molar-refractivity contribution in [3.05, 3.63) is 0 Å². The van der Waals surface area contributed by atoms with Crippen LogP contribution in [-0.2, 0) is 4.79 Å². The Morgan fingerprint density at radius 2 is 1.70 bits per heavy atom. The van der Waals surface area contributed by atoms with E-state index in [1.807, 2.05) is 0 Å². The van der Waals surface area contributed by atoms with Gasteiger partial charge in [0.15, 0.2) is 0 Å². The summed E-state index contributed by atoms with van der Waals surface area (Å²) in [5, 5.41) is 0. The van der Waals surface area contributed by atoms with Crippen LogP contribution in [0.15, 0.2) is 0 Å². The number of carbonyl (C=O) groups is 1. The molecule has 2 aliphatic heterocycles. The van der Waals surface area contributed by atoms with Crippen molar-refractivity contribution in [3.8, 4) is 0 Å². The lowest BCUT2D eigenvalue weighted by Crippen LogP contribution is -2.41. The van der Waals surface area contributed by atoms with E-state index in [0.29, 0.717) is 23.5 Å². The maximum Gasteiger partial charge on any atom is 0.136 e. The fourth-order valence-corrected chi connectivity index (χ4v) is 5.25. The molecule has 0 radical (unpaired) electrons. The first-order valence-electron chi connectivity index (χ1n) is 8.93. The van der Waals surface area contributed by atoms with Gasteiger partial charge in [0, 0.05) is 24.4 Å². The van der Waals surface area contributed by atoms with Gasteiger partial charge in [-0.15, -0.1) is 0 Å². The summed E-state index contributed by atoms with van der Waals surface area (Å²) in [6.07, 6.45) is 12.5. The van der Waals surface area contributed by atoms with E-state index >= 15 is 0 Å². The third-order valence-electron chi connectivity index (χ3n) is 6.53. The lowest BCUT2D eigenvalue weighted by molar-refractivity contribution is -0.127. The molecule has 0 spiro atoms. The Kier molecular flexibility index (Phi) is 4.49. The SMILES string of the molecule is CC[C@H]1CCCC[C@H]1C(=O)CC1C[C@H]2CC[C@@H](C1)N2C. The van der Waals surface area contributed by atoms with Crippen LogP contribution in [0.5, 0.6) is 0 Å². The largest absolute Gasteiger partial charge is 0.300 e. The first kappa shape index (κ1) is 14.6. The molecular weight excluding hydrogens is 246 g/mol. The van der Waals surface area contributed by atoms with E-state index in [9.17, 15) is 4.79 Å². The Hall–Kier alpha value is -0.370. The number of hydrogen-bond donors (Lipinski definition) is 0. The lowest BCUT2D eigenvalue weighted by atomic mass is 9.73. The standard InChI is InChI=1S/C18H31NO/c1-3-14-6-4-5-7-17(14)18(20)12-13-10-15-8-9-16(11-13)19(15)2/h13-17H,3-12H2,1-2H3/t13?,14-,15-,16+,17+/m0/s1. The summed E-state index contributed by atoms with van der Waals surface area (Å²) >= 11 is 0. The normalized spacial score (nSPS) is 41.8. The molecule has 0 aromatic carbocycles. The highest BCUT2D eigenvalue weighted by Crippen LogP contribution is 2.40. The molecule has 0 aromatic rings. The van der Waals surface area contributed by atoms with Crippen molar-refractivity contribution in [3.63, 3.8) is 0 Å². The second kappa shape index (κ2) is 6.17. The van der Waals surface area contributed by atoms with Crippen molar-refractivity contribution in [1.82, 2.24) is 4.90 Å². The second-order valence-corrected chi connectivity index (χ2v) is 7.62. The number of Topliss-reactive ketones (excluding diaryl/α,β-unsaturated/α-hetero) is 1. The van der Waals surface area contributed by atoms with Gasteiger partial charge in [0.1, 0.15) is 5.78 Å². The number of nitrogens with zero attached hydrogens (tertiary/aromatic N) is 1. The molecule has 1 saturated carbocycles. The monoisotopic (exact) mass is 277 g/mol. The van der Waals surface area contributed by atoms with Gasteiger partial charge in [-0.2, -0.15) is 0 Å². The molecule has 2 bridgehead atoms. The molecule has 1 aliphatic carbocycles. The summed E-state index contributed by atoms with van der Waals surface area (Å²) in [6, 6.07) is 1.56. The summed E-state index contributed by atoms with van der Waals surface area (Å²) < 4.78 is 0. The first-order chi connectivity index (χ1) is 9.69. The zero-order valence-electron chi connectivity index (χ0n) is 13.3. The number of hydrogen-bond acceptors (Lipinski definition) is 2. The fourth-order valence-electron chi connectivity index (χ4n) is 5.25. The molecule has 1 unspecified atom stereocenters. The number of carbonyl (C=O) groups excluding carboxylic acids is 1. The number of fused-ring (bicyclic) bond motifs is 2. The summed E-state index contributed by atoms with van der Waals surface area (Å²) in [5.74, 6) is 2.41. The summed E-state index contributed by atoms with van der Waals surface area (Å²) in [6.45, 7) is 2.27. The molecule has 2 nitrogen and oxygen atoms in total. The van der Waals surface area contributed by atoms with Gasteiger partial charge in [-0.25, -0.2) is 0 Å². The summed E-state index contributed by atoms with van der Waals surface area (Å²) in [4.78, 5) is 15.3. The fraction of sp³-hybridized carbons (Fsp3) is 0.944. The van der Waals surface area contributed by atoms with Crippen LogP contribution in [0, 0.1) is 17.8 Å². The average molecular weight is 277 g/mol. The Morgan fingerprint density at radius 1 is 1.05 bits per heavy atom. The van der Waals surface area contributed by atoms with Crippen LogP contribution in [0.1, 0.15) is 71.1 Å². The molecule has 2 heteroatoms. The van der Waals surface area contributed by atoms with Crippen LogP contribution in [-0.4, -0.2) is 29.8 Å². The smallest absolute Gasteiger partial charge is 0.136 e. The van der Waals surface area contributed by atoms with Gasteiger partial charge in [-0.1, -0.05) is 26.2 Å². The van der Waals surface area contributed by atoms with E-state index in [1.54, 1.807) is 0 Å². The van der Waals surface area contributed by atoms with E-state index in [1.165, 1.54) is 57.8 Å². The number of ketones is 1. The molecule has 114 valence electrons. The third-order valence-corrected chi connectivity index (χ3v) is 6.53. The molecule has 2 heterocycles. The van der Waals surface area contributed by atoms with Crippen molar-refractivity contribution in [2.24, 2.45) is 17.8 Å². The first-order valence-corrected chi connectivity index (χ1v) is 8.93. The lowest BCUT2D eigenvalue weighted by Gasteiger charge is -2.37. The maximum atomic E-state index is 12.7. The van der Waals surface area contributed by atoms with Crippen LogP contribution in [0.3, 0.4) is 0 Å². The average Bonchev–Trinajstić information content (AvgIpc) is 2.68.